The van der Waals surface area contributed by atoms with Crippen molar-refractivity contribution in [1.82, 2.24) is 15.8 Å². The second-order valence-corrected chi connectivity index (χ2v) is 8.74. The lowest BCUT2D eigenvalue weighted by Crippen LogP contribution is -2.55. The summed E-state index contributed by atoms with van der Waals surface area (Å²) >= 11 is 6.13. The molecular weight excluding hydrogens is 400 g/mol. The largest absolute Gasteiger partial charge is 0.497 e. The van der Waals surface area contributed by atoms with E-state index >= 15 is 0 Å². The highest BCUT2D eigenvalue weighted by molar-refractivity contribution is 6.30. The summed E-state index contributed by atoms with van der Waals surface area (Å²) in [6.45, 7) is 3.11. The number of carbonyl (C=O) groups excluding carboxylic acids is 1. The van der Waals surface area contributed by atoms with Gasteiger partial charge in [-0.2, -0.15) is 0 Å². The molecule has 30 heavy (non-hydrogen) atoms. The highest BCUT2D eigenvalue weighted by Gasteiger charge is 2.45. The number of nitrogens with one attached hydrogen (secondary N) is 2. The van der Waals surface area contributed by atoms with E-state index in [0.29, 0.717) is 0 Å². The molecule has 2 fully saturated rings. The lowest BCUT2D eigenvalue weighted by atomic mass is 9.77. The maximum Gasteiger partial charge on any atom is 0.241 e. The van der Waals surface area contributed by atoms with Crippen molar-refractivity contribution in [2.45, 2.75) is 24.9 Å². The van der Waals surface area contributed by atoms with Crippen LogP contribution in [-0.2, 0) is 11.2 Å². The monoisotopic (exact) mass is 426 g/mol. The molecule has 3 aliphatic rings. The molecule has 3 unspecified atom stereocenters. The first kappa shape index (κ1) is 19.7. The molecule has 0 saturated carbocycles. The number of amides is 1. The number of anilines is 1. The summed E-state index contributed by atoms with van der Waals surface area (Å²) in [6, 6.07) is 14.2. The Morgan fingerprint density at radius 3 is 2.70 bits per heavy atom. The van der Waals surface area contributed by atoms with Gasteiger partial charge in [-0.15, -0.1) is 0 Å². The maximum atomic E-state index is 13.3. The van der Waals surface area contributed by atoms with Gasteiger partial charge in [0.2, 0.25) is 5.91 Å². The van der Waals surface area contributed by atoms with Crippen molar-refractivity contribution in [2.24, 2.45) is 5.92 Å². The van der Waals surface area contributed by atoms with Crippen molar-refractivity contribution in [3.8, 4) is 5.75 Å². The second-order valence-electron chi connectivity index (χ2n) is 8.30. The molecule has 6 nitrogen and oxygen atoms in total. The number of carbonyl (C=O) groups is 1. The number of aryl methyl sites for hydroxylation is 1. The van der Waals surface area contributed by atoms with Gasteiger partial charge in [0.05, 0.1) is 13.2 Å². The first-order chi connectivity index (χ1) is 14.6. The summed E-state index contributed by atoms with van der Waals surface area (Å²) in [5.74, 6) is 1.37. The van der Waals surface area contributed by atoms with Gasteiger partial charge in [0.15, 0.2) is 0 Å². The lowest BCUT2D eigenvalue weighted by Gasteiger charge is -2.38. The predicted octanol–water partition coefficient (Wildman–Crippen LogP) is 2.78. The molecule has 158 valence electrons. The number of hydrogen-bond donors (Lipinski definition) is 2. The fraction of sp³-hybridized carbons (Fsp3) is 0.435. The normalized spacial score (nSPS) is 25.6. The standard InChI is InChI=1S/C23H27ClN4O2/c1-30-18-6-8-19-15(13-18)5-7-20-21(19)25-26-22(20)23(29)28-11-9-27(10-12-28)17-4-2-3-16(24)14-17/h2-4,6,8,13-14,20-22,25-26H,5,7,9-12H2,1H3. The van der Waals surface area contributed by atoms with E-state index in [1.54, 1.807) is 7.11 Å². The molecule has 5 rings (SSSR count). The first-order valence-electron chi connectivity index (χ1n) is 10.6. The van der Waals surface area contributed by atoms with E-state index in [4.69, 9.17) is 16.3 Å². The summed E-state index contributed by atoms with van der Waals surface area (Å²) in [5, 5.41) is 0.744. The Morgan fingerprint density at radius 2 is 1.93 bits per heavy atom. The van der Waals surface area contributed by atoms with Crippen LogP contribution < -0.4 is 20.5 Å². The minimum Gasteiger partial charge on any atom is -0.497 e. The SMILES string of the molecule is COc1ccc2c(c1)CCC1C(C(=O)N3CCN(c4cccc(Cl)c4)CC3)NNC21. The number of methoxy groups -OCH3 is 1. The maximum absolute atomic E-state index is 13.3. The van der Waals surface area contributed by atoms with Gasteiger partial charge in [0, 0.05) is 42.8 Å². The van der Waals surface area contributed by atoms with E-state index in [1.165, 1.54) is 11.1 Å². The molecule has 0 radical (unpaired) electrons. The molecule has 2 aromatic carbocycles. The molecule has 0 bridgehead atoms. The highest BCUT2D eigenvalue weighted by atomic mass is 35.5. The Bertz CT molecular complexity index is 945. The number of nitrogens with zero attached hydrogens (tertiary/aromatic N) is 2. The lowest BCUT2D eigenvalue weighted by molar-refractivity contribution is -0.134. The fourth-order valence-electron chi connectivity index (χ4n) is 5.08. The Balaban J connectivity index is 1.24. The van der Waals surface area contributed by atoms with Crippen molar-refractivity contribution in [2.75, 3.05) is 38.2 Å². The van der Waals surface area contributed by atoms with Gasteiger partial charge < -0.3 is 14.5 Å². The molecule has 1 aliphatic carbocycles. The van der Waals surface area contributed by atoms with Crippen molar-refractivity contribution < 1.29 is 9.53 Å². The summed E-state index contributed by atoms with van der Waals surface area (Å²) < 4.78 is 5.37. The Kier molecular flexibility index (Phi) is 5.31. The molecule has 7 heteroatoms. The highest BCUT2D eigenvalue weighted by Crippen LogP contribution is 2.40. The molecule has 2 aliphatic heterocycles. The molecular formula is C23H27ClN4O2. The van der Waals surface area contributed by atoms with Gasteiger partial charge in [-0.05, 0) is 54.3 Å². The van der Waals surface area contributed by atoms with E-state index in [2.05, 4.69) is 34.0 Å². The van der Waals surface area contributed by atoms with Crippen molar-refractivity contribution in [3.05, 3.63) is 58.6 Å². The first-order valence-corrected chi connectivity index (χ1v) is 11.0. The molecule has 2 heterocycles. The van der Waals surface area contributed by atoms with Crippen molar-refractivity contribution >= 4 is 23.2 Å². The Hall–Kier alpha value is -2.28. The zero-order valence-electron chi connectivity index (χ0n) is 17.1. The molecule has 0 spiro atoms. The topological polar surface area (TPSA) is 56.8 Å². The zero-order valence-corrected chi connectivity index (χ0v) is 17.9. The number of piperazine rings is 1. The van der Waals surface area contributed by atoms with Gasteiger partial charge in [-0.3, -0.25) is 4.79 Å². The van der Waals surface area contributed by atoms with Gasteiger partial charge >= 0.3 is 0 Å². The number of rotatable bonds is 3. The molecule has 2 N–H and O–H groups in total. The Labute approximate surface area is 182 Å². The van der Waals surface area contributed by atoms with Gasteiger partial charge in [-0.1, -0.05) is 23.7 Å². The molecule has 1 amide bonds. The van der Waals surface area contributed by atoms with Crippen LogP contribution in [0, 0.1) is 5.92 Å². The van der Waals surface area contributed by atoms with Gasteiger partial charge in [0.25, 0.3) is 0 Å². The van der Waals surface area contributed by atoms with E-state index in [-0.39, 0.29) is 23.9 Å². The zero-order chi connectivity index (χ0) is 20.7. The van der Waals surface area contributed by atoms with Crippen LogP contribution in [0.4, 0.5) is 5.69 Å². The van der Waals surface area contributed by atoms with Crippen LogP contribution in [0.2, 0.25) is 5.02 Å². The van der Waals surface area contributed by atoms with Crippen LogP contribution in [0.3, 0.4) is 0 Å². The minimum atomic E-state index is -0.178. The van der Waals surface area contributed by atoms with E-state index in [1.807, 2.05) is 29.2 Å². The number of hydrazine groups is 1. The smallest absolute Gasteiger partial charge is 0.241 e. The summed E-state index contributed by atoms with van der Waals surface area (Å²) in [6.07, 6.45) is 1.97. The van der Waals surface area contributed by atoms with Crippen LogP contribution in [0.25, 0.3) is 0 Å². The summed E-state index contributed by atoms with van der Waals surface area (Å²) in [7, 11) is 1.70. The number of ether oxygens (including phenoxy) is 1. The average Bonchev–Trinajstić information content (AvgIpc) is 3.23. The Morgan fingerprint density at radius 1 is 1.10 bits per heavy atom. The van der Waals surface area contributed by atoms with E-state index in [0.717, 1.165) is 55.5 Å². The number of benzene rings is 2. The third-order valence-electron chi connectivity index (χ3n) is 6.71. The fourth-order valence-corrected chi connectivity index (χ4v) is 5.26. The average molecular weight is 427 g/mol. The van der Waals surface area contributed by atoms with Crippen LogP contribution in [0.5, 0.6) is 5.75 Å². The minimum absolute atomic E-state index is 0.168. The van der Waals surface area contributed by atoms with Gasteiger partial charge in [0.1, 0.15) is 11.8 Å². The van der Waals surface area contributed by atoms with E-state index in [9.17, 15) is 4.79 Å². The van der Waals surface area contributed by atoms with Crippen LogP contribution in [0.15, 0.2) is 42.5 Å². The molecule has 0 aromatic heterocycles. The quantitative estimate of drug-likeness (QED) is 0.790. The third-order valence-corrected chi connectivity index (χ3v) is 6.95. The van der Waals surface area contributed by atoms with Crippen molar-refractivity contribution in [3.63, 3.8) is 0 Å². The van der Waals surface area contributed by atoms with Gasteiger partial charge in [-0.25, -0.2) is 10.9 Å². The summed E-state index contributed by atoms with van der Waals surface area (Å²) in [5.41, 5.74) is 10.4. The number of hydrogen-bond acceptors (Lipinski definition) is 5. The van der Waals surface area contributed by atoms with E-state index < -0.39 is 0 Å². The van der Waals surface area contributed by atoms with Crippen LogP contribution in [0.1, 0.15) is 23.6 Å². The molecule has 3 atom stereocenters. The molecule has 2 aromatic rings. The number of halogens is 1. The predicted molar refractivity (Wildman–Crippen MR) is 118 cm³/mol. The second kappa shape index (κ2) is 8.10. The molecule has 2 saturated heterocycles. The summed E-state index contributed by atoms with van der Waals surface area (Å²) in [4.78, 5) is 17.6. The van der Waals surface area contributed by atoms with Crippen LogP contribution >= 0.6 is 11.6 Å². The number of fused-ring (bicyclic) bond motifs is 3. The third kappa shape index (κ3) is 3.53. The van der Waals surface area contributed by atoms with Crippen molar-refractivity contribution in [1.29, 1.82) is 0 Å². The van der Waals surface area contributed by atoms with Crippen LogP contribution in [-0.4, -0.2) is 50.1 Å².